The lowest BCUT2D eigenvalue weighted by molar-refractivity contribution is 0.151. The highest BCUT2D eigenvalue weighted by atomic mass is 16.5. The molecule has 1 aliphatic rings. The van der Waals surface area contributed by atoms with Gasteiger partial charge in [-0.1, -0.05) is 5.16 Å². The molecule has 0 saturated heterocycles. The third-order valence-corrected chi connectivity index (χ3v) is 4.73. The van der Waals surface area contributed by atoms with Gasteiger partial charge < -0.3 is 19.5 Å². The standard InChI is InChI=1S/C18H23N5O2/c1-11-5-15-16(6-12(11)2)23(10-20-15)9-14(24)7-19-8-17-21-18(22-25-17)13-3-4-13/h5-6,10,13-14,19,24H,3-4,7-9H2,1-2H3. The normalized spacial score (nSPS) is 15.8. The summed E-state index contributed by atoms with van der Waals surface area (Å²) in [7, 11) is 0. The summed E-state index contributed by atoms with van der Waals surface area (Å²) >= 11 is 0. The van der Waals surface area contributed by atoms with E-state index in [2.05, 4.69) is 46.4 Å². The maximum Gasteiger partial charge on any atom is 0.240 e. The van der Waals surface area contributed by atoms with Gasteiger partial charge in [0.1, 0.15) is 0 Å². The van der Waals surface area contributed by atoms with E-state index in [1.54, 1.807) is 6.33 Å². The molecule has 1 saturated carbocycles. The van der Waals surface area contributed by atoms with Gasteiger partial charge in [-0.3, -0.25) is 0 Å². The molecule has 0 aliphatic heterocycles. The van der Waals surface area contributed by atoms with Gasteiger partial charge in [0.15, 0.2) is 5.82 Å². The van der Waals surface area contributed by atoms with Crippen molar-refractivity contribution in [2.75, 3.05) is 6.54 Å². The fraction of sp³-hybridized carbons (Fsp3) is 0.500. The van der Waals surface area contributed by atoms with Crippen LogP contribution in [0.15, 0.2) is 23.0 Å². The SMILES string of the molecule is Cc1cc2ncn(CC(O)CNCc3nc(C4CC4)no3)c2cc1C. The van der Waals surface area contributed by atoms with Crippen molar-refractivity contribution in [3.8, 4) is 0 Å². The summed E-state index contributed by atoms with van der Waals surface area (Å²) in [5.74, 6) is 1.88. The number of nitrogens with one attached hydrogen (secondary N) is 1. The molecule has 0 spiro atoms. The second-order valence-electron chi connectivity index (χ2n) is 6.93. The number of fused-ring (bicyclic) bond motifs is 1. The Morgan fingerprint density at radius 2 is 2.12 bits per heavy atom. The van der Waals surface area contributed by atoms with E-state index in [-0.39, 0.29) is 0 Å². The van der Waals surface area contributed by atoms with Gasteiger partial charge in [-0.15, -0.1) is 0 Å². The van der Waals surface area contributed by atoms with Crippen molar-refractivity contribution in [1.29, 1.82) is 0 Å². The molecule has 2 aromatic heterocycles. The lowest BCUT2D eigenvalue weighted by atomic mass is 10.1. The summed E-state index contributed by atoms with van der Waals surface area (Å²) < 4.78 is 7.21. The predicted molar refractivity (Wildman–Crippen MR) is 93.2 cm³/mol. The third-order valence-electron chi connectivity index (χ3n) is 4.73. The molecule has 7 nitrogen and oxygen atoms in total. The van der Waals surface area contributed by atoms with Gasteiger partial charge >= 0.3 is 0 Å². The first-order chi connectivity index (χ1) is 12.1. The molecule has 3 aromatic rings. The van der Waals surface area contributed by atoms with Crippen molar-refractivity contribution in [2.24, 2.45) is 0 Å². The minimum Gasteiger partial charge on any atom is -0.390 e. The summed E-state index contributed by atoms with van der Waals surface area (Å²) in [5.41, 5.74) is 4.46. The Morgan fingerprint density at radius 1 is 1.32 bits per heavy atom. The fourth-order valence-corrected chi connectivity index (χ4v) is 2.94. The first-order valence-corrected chi connectivity index (χ1v) is 8.73. The molecule has 132 valence electrons. The van der Waals surface area contributed by atoms with E-state index < -0.39 is 6.10 Å². The Labute approximate surface area is 146 Å². The van der Waals surface area contributed by atoms with E-state index in [1.807, 2.05) is 4.57 Å². The molecule has 25 heavy (non-hydrogen) atoms. The number of aliphatic hydroxyl groups is 1. The molecule has 7 heteroatoms. The topological polar surface area (TPSA) is 89.0 Å². The van der Waals surface area contributed by atoms with Crippen LogP contribution in [0.4, 0.5) is 0 Å². The minimum atomic E-state index is -0.523. The van der Waals surface area contributed by atoms with Crippen molar-refractivity contribution >= 4 is 11.0 Å². The molecule has 1 aliphatic carbocycles. The molecule has 0 amide bonds. The maximum absolute atomic E-state index is 10.3. The van der Waals surface area contributed by atoms with E-state index in [0.29, 0.717) is 31.4 Å². The van der Waals surface area contributed by atoms with E-state index in [0.717, 1.165) is 29.7 Å². The number of imidazole rings is 1. The van der Waals surface area contributed by atoms with Gasteiger partial charge in [-0.2, -0.15) is 4.98 Å². The molecule has 0 radical (unpaired) electrons. The molecule has 1 atom stereocenters. The number of aryl methyl sites for hydroxylation is 2. The molecule has 0 bridgehead atoms. The van der Waals surface area contributed by atoms with Gasteiger partial charge in [-0.25, -0.2) is 4.98 Å². The van der Waals surface area contributed by atoms with Crippen LogP contribution in [0.3, 0.4) is 0 Å². The largest absolute Gasteiger partial charge is 0.390 e. The fourth-order valence-electron chi connectivity index (χ4n) is 2.94. The van der Waals surface area contributed by atoms with Gasteiger partial charge in [0.05, 0.1) is 36.6 Å². The number of hydrogen-bond acceptors (Lipinski definition) is 6. The lowest BCUT2D eigenvalue weighted by Gasteiger charge is -2.13. The van der Waals surface area contributed by atoms with Crippen molar-refractivity contribution in [1.82, 2.24) is 25.0 Å². The lowest BCUT2D eigenvalue weighted by Crippen LogP contribution is -2.29. The van der Waals surface area contributed by atoms with Crippen LogP contribution >= 0.6 is 0 Å². The van der Waals surface area contributed by atoms with Crippen molar-refractivity contribution in [3.63, 3.8) is 0 Å². The zero-order valence-electron chi connectivity index (χ0n) is 14.6. The zero-order valence-corrected chi connectivity index (χ0v) is 14.6. The van der Waals surface area contributed by atoms with Crippen molar-refractivity contribution in [3.05, 3.63) is 41.3 Å². The number of hydrogen-bond donors (Lipinski definition) is 2. The average molecular weight is 341 g/mol. The molecule has 4 rings (SSSR count). The van der Waals surface area contributed by atoms with Crippen LogP contribution in [-0.2, 0) is 13.1 Å². The Bertz CT molecular complexity index is 881. The molecular formula is C18H23N5O2. The Kier molecular flexibility index (Phi) is 4.27. The van der Waals surface area contributed by atoms with Crippen LogP contribution in [0.1, 0.15) is 41.6 Å². The van der Waals surface area contributed by atoms with Crippen LogP contribution in [0.2, 0.25) is 0 Å². The van der Waals surface area contributed by atoms with Crippen LogP contribution in [0.25, 0.3) is 11.0 Å². The second kappa shape index (κ2) is 6.57. The average Bonchev–Trinajstić information content (AvgIpc) is 3.22. The van der Waals surface area contributed by atoms with E-state index in [4.69, 9.17) is 4.52 Å². The summed E-state index contributed by atoms with van der Waals surface area (Å²) in [6.45, 7) is 5.58. The van der Waals surface area contributed by atoms with Crippen LogP contribution in [-0.4, -0.2) is 37.4 Å². The number of aromatic nitrogens is 4. The molecular weight excluding hydrogens is 318 g/mol. The van der Waals surface area contributed by atoms with Crippen molar-refractivity contribution in [2.45, 2.75) is 51.8 Å². The predicted octanol–water partition coefficient (Wildman–Crippen LogP) is 2.06. The van der Waals surface area contributed by atoms with Crippen LogP contribution in [0.5, 0.6) is 0 Å². The highest BCUT2D eigenvalue weighted by molar-refractivity contribution is 5.77. The molecule has 2 heterocycles. The summed E-state index contributed by atoms with van der Waals surface area (Å²) in [5, 5.41) is 17.5. The summed E-state index contributed by atoms with van der Waals surface area (Å²) in [6.07, 6.45) is 3.57. The summed E-state index contributed by atoms with van der Waals surface area (Å²) in [6, 6.07) is 4.20. The summed E-state index contributed by atoms with van der Waals surface area (Å²) in [4.78, 5) is 8.79. The number of benzene rings is 1. The first kappa shape index (κ1) is 16.2. The Balaban J connectivity index is 1.32. The quantitative estimate of drug-likeness (QED) is 0.684. The van der Waals surface area contributed by atoms with Crippen molar-refractivity contribution < 1.29 is 9.63 Å². The number of rotatable bonds is 7. The minimum absolute atomic E-state index is 0.450. The van der Waals surface area contributed by atoms with Gasteiger partial charge in [-0.05, 0) is 49.9 Å². The molecule has 1 unspecified atom stereocenters. The van der Waals surface area contributed by atoms with E-state index >= 15 is 0 Å². The molecule has 1 fully saturated rings. The van der Waals surface area contributed by atoms with Gasteiger partial charge in [0, 0.05) is 12.5 Å². The first-order valence-electron chi connectivity index (χ1n) is 8.73. The van der Waals surface area contributed by atoms with E-state index in [1.165, 1.54) is 11.1 Å². The van der Waals surface area contributed by atoms with Crippen LogP contribution in [0, 0.1) is 13.8 Å². The third kappa shape index (κ3) is 3.57. The van der Waals surface area contributed by atoms with E-state index in [9.17, 15) is 5.11 Å². The maximum atomic E-state index is 10.3. The number of nitrogens with zero attached hydrogens (tertiary/aromatic N) is 4. The number of aliphatic hydroxyl groups excluding tert-OH is 1. The highest BCUT2D eigenvalue weighted by Crippen LogP contribution is 2.38. The second-order valence-corrected chi connectivity index (χ2v) is 6.93. The molecule has 2 N–H and O–H groups in total. The van der Waals surface area contributed by atoms with Crippen LogP contribution < -0.4 is 5.32 Å². The Morgan fingerprint density at radius 3 is 2.92 bits per heavy atom. The monoisotopic (exact) mass is 341 g/mol. The van der Waals surface area contributed by atoms with Gasteiger partial charge in [0.25, 0.3) is 0 Å². The highest BCUT2D eigenvalue weighted by Gasteiger charge is 2.28. The van der Waals surface area contributed by atoms with Gasteiger partial charge in [0.2, 0.25) is 5.89 Å². The zero-order chi connectivity index (χ0) is 17.4. The smallest absolute Gasteiger partial charge is 0.240 e. The Hall–Kier alpha value is -2.25. The molecule has 1 aromatic carbocycles.